The van der Waals surface area contributed by atoms with Gasteiger partial charge in [-0.2, -0.15) is 0 Å². The van der Waals surface area contributed by atoms with Crippen molar-refractivity contribution >= 4 is 47.0 Å². The molecule has 11 heteroatoms. The largest absolute Gasteiger partial charge is 0.449 e. The second-order valence-electron chi connectivity index (χ2n) is 4.48. The molecule has 0 spiro atoms. The SMILES string of the molecule is CCOC(=O)NNC(=O)CNC(=O)CNC(=O)c1ccc(Cl)cc1Cl. The Morgan fingerprint density at radius 3 is 2.32 bits per heavy atom. The summed E-state index contributed by atoms with van der Waals surface area (Å²) in [7, 11) is 0. The first-order chi connectivity index (χ1) is 11.8. The molecule has 9 nitrogen and oxygen atoms in total. The van der Waals surface area contributed by atoms with E-state index in [1.165, 1.54) is 18.2 Å². The van der Waals surface area contributed by atoms with Crippen molar-refractivity contribution in [2.75, 3.05) is 19.7 Å². The van der Waals surface area contributed by atoms with Gasteiger partial charge >= 0.3 is 6.09 Å². The molecule has 136 valence electrons. The van der Waals surface area contributed by atoms with Crippen LogP contribution in [0, 0.1) is 0 Å². The summed E-state index contributed by atoms with van der Waals surface area (Å²) in [5.74, 6) is -1.84. The highest BCUT2D eigenvalue weighted by molar-refractivity contribution is 6.36. The molecule has 0 aromatic heterocycles. The molecule has 1 aromatic carbocycles. The lowest BCUT2D eigenvalue weighted by atomic mass is 10.2. The molecule has 1 rings (SSSR count). The Balaban J connectivity index is 2.31. The molecule has 0 atom stereocenters. The summed E-state index contributed by atoms with van der Waals surface area (Å²) in [6.07, 6.45) is -0.825. The first-order valence-electron chi connectivity index (χ1n) is 7.05. The molecule has 0 aliphatic carbocycles. The summed E-state index contributed by atoms with van der Waals surface area (Å²) in [5, 5.41) is 5.13. The van der Waals surface area contributed by atoms with Gasteiger partial charge in [0.05, 0.1) is 30.3 Å². The standard InChI is InChI=1S/C14H16Cl2N4O5/c1-2-25-14(24)20-19-12(22)7-17-11(21)6-18-13(23)9-4-3-8(15)5-10(9)16/h3-5H,2,6-7H2,1H3,(H,17,21)(H,18,23)(H,19,22)(H,20,24). The zero-order chi connectivity index (χ0) is 18.8. The van der Waals surface area contributed by atoms with E-state index in [2.05, 4.69) is 15.4 Å². The van der Waals surface area contributed by atoms with Crippen molar-refractivity contribution in [3.63, 3.8) is 0 Å². The van der Waals surface area contributed by atoms with E-state index in [1.54, 1.807) is 6.92 Å². The van der Waals surface area contributed by atoms with Crippen LogP contribution < -0.4 is 21.5 Å². The van der Waals surface area contributed by atoms with Crippen LogP contribution in [0.5, 0.6) is 0 Å². The minimum absolute atomic E-state index is 0.148. The van der Waals surface area contributed by atoms with Gasteiger partial charge in [-0.05, 0) is 25.1 Å². The first kappa shape index (κ1) is 20.5. The molecule has 0 heterocycles. The minimum Gasteiger partial charge on any atom is -0.449 e. The molecule has 0 aliphatic rings. The van der Waals surface area contributed by atoms with Gasteiger partial charge in [0.2, 0.25) is 5.91 Å². The fourth-order valence-corrected chi connectivity index (χ4v) is 2.00. The van der Waals surface area contributed by atoms with Crippen molar-refractivity contribution in [1.29, 1.82) is 0 Å². The third-order valence-corrected chi connectivity index (χ3v) is 3.16. The highest BCUT2D eigenvalue weighted by Gasteiger charge is 2.12. The molecule has 0 fully saturated rings. The van der Waals surface area contributed by atoms with Crippen LogP contribution in [0.4, 0.5) is 4.79 Å². The third kappa shape index (κ3) is 7.73. The molecule has 0 unspecified atom stereocenters. The predicted octanol–water partition coefficient (Wildman–Crippen LogP) is 0.617. The number of rotatable bonds is 6. The molecule has 25 heavy (non-hydrogen) atoms. The Hall–Kier alpha value is -2.52. The normalized spacial score (nSPS) is 9.72. The fraction of sp³-hybridized carbons (Fsp3) is 0.286. The lowest BCUT2D eigenvalue weighted by molar-refractivity contribution is -0.126. The summed E-state index contributed by atoms with van der Waals surface area (Å²) in [6, 6.07) is 4.31. The van der Waals surface area contributed by atoms with Crippen LogP contribution in [0.1, 0.15) is 17.3 Å². The number of ether oxygens (including phenoxy) is 1. The average Bonchev–Trinajstić information content (AvgIpc) is 2.56. The summed E-state index contributed by atoms with van der Waals surface area (Å²) < 4.78 is 4.52. The zero-order valence-corrected chi connectivity index (χ0v) is 14.7. The van der Waals surface area contributed by atoms with Crippen LogP contribution in [0.25, 0.3) is 0 Å². The van der Waals surface area contributed by atoms with E-state index in [0.717, 1.165) is 0 Å². The lowest BCUT2D eigenvalue weighted by Crippen LogP contribution is -2.47. The second-order valence-corrected chi connectivity index (χ2v) is 5.32. The smallest absolute Gasteiger partial charge is 0.426 e. The van der Waals surface area contributed by atoms with Crippen LogP contribution >= 0.6 is 23.2 Å². The number of hydrogen-bond acceptors (Lipinski definition) is 5. The van der Waals surface area contributed by atoms with E-state index < -0.39 is 30.4 Å². The number of carbonyl (C=O) groups excluding carboxylic acids is 4. The number of benzene rings is 1. The second kappa shape index (κ2) is 10.4. The molecule has 4 amide bonds. The van der Waals surface area contributed by atoms with Crippen LogP contribution in [0.2, 0.25) is 10.0 Å². The van der Waals surface area contributed by atoms with Gasteiger partial charge in [0, 0.05) is 5.02 Å². The first-order valence-corrected chi connectivity index (χ1v) is 7.80. The maximum Gasteiger partial charge on any atom is 0.426 e. The molecule has 0 saturated heterocycles. The highest BCUT2D eigenvalue weighted by Crippen LogP contribution is 2.20. The Labute approximate surface area is 153 Å². The number of hydrogen-bond donors (Lipinski definition) is 4. The van der Waals surface area contributed by atoms with E-state index >= 15 is 0 Å². The lowest BCUT2D eigenvalue weighted by Gasteiger charge is -2.09. The van der Waals surface area contributed by atoms with E-state index in [9.17, 15) is 19.2 Å². The summed E-state index contributed by atoms with van der Waals surface area (Å²) in [4.78, 5) is 45.8. The molecular formula is C14H16Cl2N4O5. The van der Waals surface area contributed by atoms with Gasteiger partial charge < -0.3 is 15.4 Å². The third-order valence-electron chi connectivity index (χ3n) is 2.61. The van der Waals surface area contributed by atoms with Crippen LogP contribution in [0.15, 0.2) is 18.2 Å². The van der Waals surface area contributed by atoms with E-state index in [-0.39, 0.29) is 23.7 Å². The molecule has 4 N–H and O–H groups in total. The van der Waals surface area contributed by atoms with Crippen molar-refractivity contribution in [2.24, 2.45) is 0 Å². The van der Waals surface area contributed by atoms with Gasteiger partial charge in [-0.25, -0.2) is 10.2 Å². The monoisotopic (exact) mass is 390 g/mol. The number of hydrazine groups is 1. The maximum absolute atomic E-state index is 11.9. The van der Waals surface area contributed by atoms with Crippen molar-refractivity contribution < 1.29 is 23.9 Å². The van der Waals surface area contributed by atoms with E-state index in [0.29, 0.717) is 5.02 Å². The number of nitrogens with one attached hydrogen (secondary N) is 4. The molecule has 0 radical (unpaired) electrons. The molecule has 0 saturated carbocycles. The Bertz CT molecular complexity index is 669. The fourth-order valence-electron chi connectivity index (χ4n) is 1.50. The summed E-state index contributed by atoms with van der Waals surface area (Å²) in [6.45, 7) is 0.988. The minimum atomic E-state index is -0.825. The van der Waals surface area contributed by atoms with Gasteiger partial charge in [-0.3, -0.25) is 19.8 Å². The van der Waals surface area contributed by atoms with Gasteiger partial charge in [0.15, 0.2) is 0 Å². The van der Waals surface area contributed by atoms with E-state index in [4.69, 9.17) is 23.2 Å². The quantitative estimate of drug-likeness (QED) is 0.529. The topological polar surface area (TPSA) is 126 Å². The van der Waals surface area contributed by atoms with Crippen LogP contribution in [0.3, 0.4) is 0 Å². The van der Waals surface area contributed by atoms with Crippen LogP contribution in [-0.4, -0.2) is 43.5 Å². The van der Waals surface area contributed by atoms with E-state index in [1.807, 2.05) is 10.9 Å². The van der Waals surface area contributed by atoms with Gasteiger partial charge in [-0.1, -0.05) is 23.2 Å². The van der Waals surface area contributed by atoms with Crippen molar-refractivity contribution in [3.05, 3.63) is 33.8 Å². The number of amides is 4. The van der Waals surface area contributed by atoms with Gasteiger partial charge in [0.1, 0.15) is 0 Å². The zero-order valence-electron chi connectivity index (χ0n) is 13.2. The molecule has 1 aromatic rings. The van der Waals surface area contributed by atoms with Crippen molar-refractivity contribution in [3.8, 4) is 0 Å². The number of halogens is 2. The molecule has 0 bridgehead atoms. The van der Waals surface area contributed by atoms with Gasteiger partial charge in [0.25, 0.3) is 11.8 Å². The molecular weight excluding hydrogens is 375 g/mol. The summed E-state index contributed by atoms with van der Waals surface area (Å²) >= 11 is 11.6. The van der Waals surface area contributed by atoms with Crippen LogP contribution in [-0.2, 0) is 14.3 Å². The highest BCUT2D eigenvalue weighted by atomic mass is 35.5. The Kier molecular flexibility index (Phi) is 8.51. The average molecular weight is 391 g/mol. The predicted molar refractivity (Wildman–Crippen MR) is 90.1 cm³/mol. The number of carbonyl (C=O) groups is 4. The van der Waals surface area contributed by atoms with Gasteiger partial charge in [-0.15, -0.1) is 0 Å². The Morgan fingerprint density at radius 2 is 1.68 bits per heavy atom. The van der Waals surface area contributed by atoms with Crippen molar-refractivity contribution in [2.45, 2.75) is 6.92 Å². The van der Waals surface area contributed by atoms with Crippen molar-refractivity contribution in [1.82, 2.24) is 21.5 Å². The Morgan fingerprint density at radius 1 is 1.00 bits per heavy atom. The summed E-state index contributed by atoms with van der Waals surface area (Å²) in [5.41, 5.74) is 4.18. The maximum atomic E-state index is 11.9. The molecule has 0 aliphatic heterocycles.